The smallest absolute Gasteiger partial charge is 0.147 e. The zero-order chi connectivity index (χ0) is 13.4. The Morgan fingerprint density at radius 1 is 1.20 bits per heavy atom. The fourth-order valence-electron chi connectivity index (χ4n) is 2.02. The predicted molar refractivity (Wildman–Crippen MR) is 79.3 cm³/mol. The SMILES string of the molecule is Cl.N=C(N)c1ccc(-n2cnc3ccccc32)c(F)c1. The molecule has 0 unspecified atom stereocenters. The predicted octanol–water partition coefficient (Wildman–Crippen LogP) is 2.87. The number of nitrogen functional groups attached to an aromatic ring is 1. The number of nitrogens with two attached hydrogens (primary N) is 1. The van der Waals surface area contributed by atoms with Gasteiger partial charge in [-0.05, 0) is 30.3 Å². The molecule has 0 aliphatic heterocycles. The first-order chi connectivity index (χ1) is 9.16. The number of hydrogen-bond donors (Lipinski definition) is 2. The average Bonchev–Trinajstić information content (AvgIpc) is 2.82. The first-order valence-corrected chi connectivity index (χ1v) is 5.73. The van der Waals surface area contributed by atoms with Gasteiger partial charge in [-0.1, -0.05) is 12.1 Å². The third-order valence-electron chi connectivity index (χ3n) is 2.97. The van der Waals surface area contributed by atoms with Crippen LogP contribution >= 0.6 is 12.4 Å². The number of imidazole rings is 1. The molecule has 2 aromatic carbocycles. The highest BCUT2D eigenvalue weighted by Crippen LogP contribution is 2.21. The highest BCUT2D eigenvalue weighted by molar-refractivity contribution is 5.95. The molecule has 3 aromatic rings. The van der Waals surface area contributed by atoms with E-state index in [1.165, 1.54) is 6.07 Å². The number of nitrogens with zero attached hydrogens (tertiary/aromatic N) is 2. The lowest BCUT2D eigenvalue weighted by Gasteiger charge is -2.07. The molecule has 0 saturated carbocycles. The molecule has 0 saturated heterocycles. The van der Waals surface area contributed by atoms with Gasteiger partial charge in [0.05, 0.1) is 16.7 Å². The van der Waals surface area contributed by atoms with E-state index in [2.05, 4.69) is 4.98 Å². The molecule has 0 aliphatic carbocycles. The Morgan fingerprint density at radius 2 is 1.95 bits per heavy atom. The van der Waals surface area contributed by atoms with Gasteiger partial charge in [-0.3, -0.25) is 9.98 Å². The van der Waals surface area contributed by atoms with Gasteiger partial charge >= 0.3 is 0 Å². The minimum atomic E-state index is -0.434. The Bertz CT molecular complexity index is 782. The Labute approximate surface area is 121 Å². The maximum absolute atomic E-state index is 14.1. The van der Waals surface area contributed by atoms with Crippen LogP contribution in [0.15, 0.2) is 48.8 Å². The molecule has 0 atom stereocenters. The van der Waals surface area contributed by atoms with Crippen molar-refractivity contribution in [2.45, 2.75) is 0 Å². The Kier molecular flexibility index (Phi) is 3.72. The van der Waals surface area contributed by atoms with Crippen LogP contribution in [0.4, 0.5) is 4.39 Å². The summed E-state index contributed by atoms with van der Waals surface area (Å²) in [6.07, 6.45) is 1.58. The summed E-state index contributed by atoms with van der Waals surface area (Å²) in [4.78, 5) is 4.22. The molecule has 0 amide bonds. The lowest BCUT2D eigenvalue weighted by atomic mass is 10.2. The summed E-state index contributed by atoms with van der Waals surface area (Å²) in [6.45, 7) is 0. The fraction of sp³-hybridized carbons (Fsp3) is 0. The van der Waals surface area contributed by atoms with E-state index in [9.17, 15) is 4.39 Å². The molecular weight excluding hydrogens is 279 g/mol. The van der Waals surface area contributed by atoms with E-state index in [0.29, 0.717) is 11.3 Å². The third kappa shape index (κ3) is 2.23. The topological polar surface area (TPSA) is 67.7 Å². The number of halogens is 2. The quantitative estimate of drug-likeness (QED) is 0.563. The van der Waals surface area contributed by atoms with Crippen molar-refractivity contribution in [1.82, 2.24) is 9.55 Å². The second-order valence-electron chi connectivity index (χ2n) is 4.18. The Balaban J connectivity index is 0.00000147. The lowest BCUT2D eigenvalue weighted by Crippen LogP contribution is -2.11. The van der Waals surface area contributed by atoms with E-state index in [1.54, 1.807) is 23.0 Å². The first kappa shape index (κ1) is 14.0. The molecule has 0 radical (unpaired) electrons. The van der Waals surface area contributed by atoms with Gasteiger partial charge in [0.25, 0.3) is 0 Å². The summed E-state index contributed by atoms with van der Waals surface area (Å²) in [5.41, 5.74) is 7.73. The van der Waals surface area contributed by atoms with Gasteiger partial charge in [-0.2, -0.15) is 0 Å². The third-order valence-corrected chi connectivity index (χ3v) is 2.97. The van der Waals surface area contributed by atoms with Crippen LogP contribution in [0.2, 0.25) is 0 Å². The molecule has 6 heteroatoms. The maximum atomic E-state index is 14.1. The van der Waals surface area contributed by atoms with Crippen LogP contribution in [0.25, 0.3) is 16.7 Å². The largest absolute Gasteiger partial charge is 0.384 e. The number of amidine groups is 1. The van der Waals surface area contributed by atoms with Crippen LogP contribution in [0.3, 0.4) is 0 Å². The lowest BCUT2D eigenvalue weighted by molar-refractivity contribution is 0.619. The second-order valence-corrected chi connectivity index (χ2v) is 4.18. The van der Waals surface area contributed by atoms with Crippen molar-refractivity contribution in [3.8, 4) is 5.69 Å². The molecule has 0 aliphatic rings. The van der Waals surface area contributed by atoms with E-state index < -0.39 is 5.82 Å². The molecule has 0 fully saturated rings. The minimum Gasteiger partial charge on any atom is -0.384 e. The number of hydrogen-bond acceptors (Lipinski definition) is 2. The number of nitrogens with one attached hydrogen (secondary N) is 1. The standard InChI is InChI=1S/C14H11FN4.ClH/c15-10-7-9(14(16)17)5-6-12(10)19-8-18-11-3-1-2-4-13(11)19;/h1-8H,(H3,16,17);1H. The van der Waals surface area contributed by atoms with E-state index in [4.69, 9.17) is 11.1 Å². The number of fused-ring (bicyclic) bond motifs is 1. The van der Waals surface area contributed by atoms with E-state index in [0.717, 1.165) is 11.0 Å². The number of aromatic nitrogens is 2. The molecule has 102 valence electrons. The number of rotatable bonds is 2. The molecule has 3 N–H and O–H groups in total. The van der Waals surface area contributed by atoms with Gasteiger partial charge in [-0.15, -0.1) is 12.4 Å². The molecule has 4 nitrogen and oxygen atoms in total. The molecule has 0 spiro atoms. The van der Waals surface area contributed by atoms with Crippen LogP contribution in [-0.4, -0.2) is 15.4 Å². The van der Waals surface area contributed by atoms with Gasteiger partial charge in [-0.25, -0.2) is 9.37 Å². The van der Waals surface area contributed by atoms with Crippen molar-refractivity contribution in [1.29, 1.82) is 5.41 Å². The highest BCUT2D eigenvalue weighted by Gasteiger charge is 2.10. The highest BCUT2D eigenvalue weighted by atomic mass is 35.5. The van der Waals surface area contributed by atoms with Crippen molar-refractivity contribution in [2.24, 2.45) is 5.73 Å². The Morgan fingerprint density at radius 3 is 2.65 bits per heavy atom. The van der Waals surface area contributed by atoms with Crippen LogP contribution < -0.4 is 5.73 Å². The van der Waals surface area contributed by atoms with Crippen molar-refractivity contribution in [3.63, 3.8) is 0 Å². The summed E-state index contributed by atoms with van der Waals surface area (Å²) >= 11 is 0. The average molecular weight is 291 g/mol. The van der Waals surface area contributed by atoms with E-state index in [-0.39, 0.29) is 18.2 Å². The van der Waals surface area contributed by atoms with E-state index >= 15 is 0 Å². The van der Waals surface area contributed by atoms with Gasteiger partial charge in [0.2, 0.25) is 0 Å². The molecule has 1 aromatic heterocycles. The number of benzene rings is 2. The maximum Gasteiger partial charge on any atom is 0.147 e. The zero-order valence-corrected chi connectivity index (χ0v) is 11.2. The summed E-state index contributed by atoms with van der Waals surface area (Å²) in [6, 6.07) is 12.0. The second kappa shape index (κ2) is 5.30. The van der Waals surface area contributed by atoms with Gasteiger partial charge in [0.15, 0.2) is 0 Å². The molecule has 3 rings (SSSR count). The van der Waals surface area contributed by atoms with Crippen molar-refractivity contribution < 1.29 is 4.39 Å². The Hall–Kier alpha value is -2.40. The summed E-state index contributed by atoms with van der Waals surface area (Å²) < 4.78 is 15.8. The van der Waals surface area contributed by atoms with Crippen LogP contribution in [0.5, 0.6) is 0 Å². The zero-order valence-electron chi connectivity index (χ0n) is 10.4. The monoisotopic (exact) mass is 290 g/mol. The van der Waals surface area contributed by atoms with Crippen LogP contribution in [0.1, 0.15) is 5.56 Å². The molecule has 20 heavy (non-hydrogen) atoms. The van der Waals surface area contributed by atoms with Gasteiger partial charge in [0.1, 0.15) is 18.0 Å². The summed E-state index contributed by atoms with van der Waals surface area (Å²) in [5.74, 6) is -0.586. The summed E-state index contributed by atoms with van der Waals surface area (Å²) in [5, 5.41) is 7.30. The van der Waals surface area contributed by atoms with Crippen LogP contribution in [0, 0.1) is 11.2 Å². The number of para-hydroxylation sites is 2. The minimum absolute atomic E-state index is 0. The van der Waals surface area contributed by atoms with Crippen molar-refractivity contribution in [2.75, 3.05) is 0 Å². The first-order valence-electron chi connectivity index (χ1n) is 5.73. The molecular formula is C14H12ClFN4. The molecule has 1 heterocycles. The van der Waals surface area contributed by atoms with Crippen molar-refractivity contribution in [3.05, 3.63) is 60.2 Å². The van der Waals surface area contributed by atoms with Crippen molar-refractivity contribution >= 4 is 29.3 Å². The van der Waals surface area contributed by atoms with Crippen LogP contribution in [-0.2, 0) is 0 Å². The van der Waals surface area contributed by atoms with Gasteiger partial charge < -0.3 is 5.73 Å². The van der Waals surface area contributed by atoms with E-state index in [1.807, 2.05) is 24.3 Å². The fourth-order valence-corrected chi connectivity index (χ4v) is 2.02. The molecule has 0 bridgehead atoms. The van der Waals surface area contributed by atoms with Gasteiger partial charge in [0, 0.05) is 5.56 Å². The normalized spacial score (nSPS) is 10.2. The summed E-state index contributed by atoms with van der Waals surface area (Å²) in [7, 11) is 0.